The zero-order valence-corrected chi connectivity index (χ0v) is 19.7. The molecule has 32 heavy (non-hydrogen) atoms. The molecule has 0 aliphatic rings. The molecule has 0 N–H and O–H groups in total. The summed E-state index contributed by atoms with van der Waals surface area (Å²) >= 11 is 0. The van der Waals surface area contributed by atoms with Crippen LogP contribution in [0.3, 0.4) is 0 Å². The number of benzene rings is 4. The molecule has 164 valence electrons. The van der Waals surface area contributed by atoms with Crippen LogP contribution in [0.2, 0.25) is 0 Å². The SMILES string of the molecule is COc1cccc(P(Cc2ccccc2)(OC)(c2ccccc2)c2ccccc2)c1OC. The summed E-state index contributed by atoms with van der Waals surface area (Å²) < 4.78 is 18.7. The van der Waals surface area contributed by atoms with E-state index in [1.54, 1.807) is 14.2 Å². The van der Waals surface area contributed by atoms with E-state index in [0.29, 0.717) is 17.7 Å². The first kappa shape index (κ1) is 22.1. The molecule has 4 rings (SSSR count). The van der Waals surface area contributed by atoms with Gasteiger partial charge in [0.05, 0.1) is 0 Å². The van der Waals surface area contributed by atoms with Crippen molar-refractivity contribution in [1.29, 1.82) is 0 Å². The van der Waals surface area contributed by atoms with Crippen molar-refractivity contribution in [3.63, 3.8) is 0 Å². The van der Waals surface area contributed by atoms with E-state index in [4.69, 9.17) is 14.0 Å². The van der Waals surface area contributed by atoms with Crippen molar-refractivity contribution < 1.29 is 14.0 Å². The summed E-state index contributed by atoms with van der Waals surface area (Å²) in [6.07, 6.45) is 0.695. The standard InChI is InChI=1S/C28H29O3P/c1-29-26-20-13-21-27(28(26)30-2)32(31-3,24-16-9-5-10-17-24,25-18-11-6-12-19-25)22-23-14-7-4-8-15-23/h4-21H,22H2,1-3H3. The molecule has 0 aliphatic carbocycles. The summed E-state index contributed by atoms with van der Waals surface area (Å²) in [5.74, 6) is 1.40. The van der Waals surface area contributed by atoms with Gasteiger partial charge >= 0.3 is 190 Å². The van der Waals surface area contributed by atoms with Crippen molar-refractivity contribution in [1.82, 2.24) is 0 Å². The summed E-state index contributed by atoms with van der Waals surface area (Å²) in [5, 5.41) is 3.30. The third kappa shape index (κ3) is 3.39. The van der Waals surface area contributed by atoms with Crippen molar-refractivity contribution in [3.8, 4) is 11.5 Å². The van der Waals surface area contributed by atoms with Gasteiger partial charge in [-0.05, 0) is 0 Å². The second kappa shape index (κ2) is 9.16. The summed E-state index contributed by atoms with van der Waals surface area (Å²) in [6, 6.07) is 37.7. The summed E-state index contributed by atoms with van der Waals surface area (Å²) in [6.45, 7) is -3.53. The van der Waals surface area contributed by atoms with Crippen LogP contribution >= 0.6 is 6.83 Å². The topological polar surface area (TPSA) is 27.7 Å². The molecule has 0 radical (unpaired) electrons. The fourth-order valence-corrected chi connectivity index (χ4v) is 10.4. The minimum absolute atomic E-state index is 0.691. The number of hydrogen-bond donors (Lipinski definition) is 0. The molecular weight excluding hydrogens is 415 g/mol. The predicted molar refractivity (Wildman–Crippen MR) is 135 cm³/mol. The summed E-state index contributed by atoms with van der Waals surface area (Å²) in [7, 11) is 5.20. The van der Waals surface area contributed by atoms with E-state index in [1.807, 2.05) is 37.4 Å². The molecule has 4 aromatic carbocycles. The van der Waals surface area contributed by atoms with E-state index < -0.39 is 6.83 Å². The first-order chi connectivity index (χ1) is 15.7. The van der Waals surface area contributed by atoms with Crippen molar-refractivity contribution in [2.24, 2.45) is 0 Å². The Kier molecular flexibility index (Phi) is 6.32. The Labute approximate surface area is 190 Å². The van der Waals surface area contributed by atoms with Gasteiger partial charge in [0.1, 0.15) is 0 Å². The monoisotopic (exact) mass is 444 g/mol. The average molecular weight is 445 g/mol. The number of methoxy groups -OCH3 is 2. The van der Waals surface area contributed by atoms with Gasteiger partial charge in [-0.15, -0.1) is 0 Å². The van der Waals surface area contributed by atoms with Gasteiger partial charge in [0.15, 0.2) is 0 Å². The van der Waals surface area contributed by atoms with E-state index in [2.05, 4.69) is 78.9 Å². The van der Waals surface area contributed by atoms with E-state index in [-0.39, 0.29) is 0 Å². The average Bonchev–Trinajstić information content (AvgIpc) is 2.88. The maximum absolute atomic E-state index is 6.92. The summed E-state index contributed by atoms with van der Waals surface area (Å²) in [4.78, 5) is 0. The van der Waals surface area contributed by atoms with Crippen LogP contribution in [-0.4, -0.2) is 21.3 Å². The molecule has 0 saturated carbocycles. The first-order valence-corrected chi connectivity index (χ1v) is 13.0. The third-order valence-electron chi connectivity index (χ3n) is 6.23. The van der Waals surface area contributed by atoms with Crippen molar-refractivity contribution >= 4 is 22.7 Å². The van der Waals surface area contributed by atoms with Gasteiger partial charge in [-0.2, -0.15) is 0 Å². The number of para-hydroxylation sites is 1. The van der Waals surface area contributed by atoms with Gasteiger partial charge in [-0.25, -0.2) is 0 Å². The third-order valence-corrected chi connectivity index (χ3v) is 12.2. The van der Waals surface area contributed by atoms with Crippen LogP contribution in [0.15, 0.2) is 109 Å². The molecule has 4 heteroatoms. The van der Waals surface area contributed by atoms with Crippen LogP contribution < -0.4 is 25.4 Å². The fourth-order valence-electron chi connectivity index (χ4n) is 4.73. The van der Waals surface area contributed by atoms with Gasteiger partial charge in [-0.1, -0.05) is 0 Å². The van der Waals surface area contributed by atoms with Crippen LogP contribution in [0.5, 0.6) is 11.5 Å². The van der Waals surface area contributed by atoms with E-state index in [9.17, 15) is 0 Å². The van der Waals surface area contributed by atoms with E-state index >= 15 is 0 Å². The van der Waals surface area contributed by atoms with Crippen LogP contribution in [0.4, 0.5) is 0 Å². The molecule has 0 unspecified atom stereocenters. The summed E-state index contributed by atoms with van der Waals surface area (Å²) in [5.41, 5.74) is 1.20. The number of hydrogen-bond acceptors (Lipinski definition) is 3. The van der Waals surface area contributed by atoms with Gasteiger partial charge < -0.3 is 0 Å². The fraction of sp³-hybridized carbons (Fsp3) is 0.143. The van der Waals surface area contributed by atoms with Crippen LogP contribution in [0.25, 0.3) is 0 Å². The second-order valence-corrected chi connectivity index (χ2v) is 12.3. The molecule has 0 saturated heterocycles. The molecule has 0 aliphatic heterocycles. The molecular formula is C28H29O3P. The van der Waals surface area contributed by atoms with Gasteiger partial charge in [-0.3, -0.25) is 0 Å². The van der Waals surface area contributed by atoms with Crippen LogP contribution in [0, 0.1) is 0 Å². The zero-order chi connectivity index (χ0) is 22.5. The van der Waals surface area contributed by atoms with E-state index in [1.165, 1.54) is 5.56 Å². The Morgan fingerprint density at radius 2 is 1.09 bits per heavy atom. The predicted octanol–water partition coefficient (Wildman–Crippen LogP) is 5.30. The number of rotatable bonds is 8. The molecule has 3 nitrogen and oxygen atoms in total. The van der Waals surface area contributed by atoms with Gasteiger partial charge in [0, 0.05) is 0 Å². The Morgan fingerprint density at radius 1 is 0.562 bits per heavy atom. The number of ether oxygens (including phenoxy) is 2. The quantitative estimate of drug-likeness (QED) is 0.346. The van der Waals surface area contributed by atoms with Crippen molar-refractivity contribution in [3.05, 3.63) is 115 Å². The van der Waals surface area contributed by atoms with Crippen molar-refractivity contribution in [2.45, 2.75) is 6.16 Å². The van der Waals surface area contributed by atoms with Crippen molar-refractivity contribution in [2.75, 3.05) is 21.3 Å². The van der Waals surface area contributed by atoms with E-state index in [0.717, 1.165) is 15.9 Å². The van der Waals surface area contributed by atoms with Gasteiger partial charge in [0.2, 0.25) is 0 Å². The minimum atomic E-state index is -3.53. The Hall–Kier alpha value is -3.13. The Bertz CT molecular complexity index is 1120. The Balaban J connectivity index is 2.22. The Morgan fingerprint density at radius 3 is 1.56 bits per heavy atom. The molecule has 0 bridgehead atoms. The molecule has 0 aromatic heterocycles. The first-order valence-electron chi connectivity index (χ1n) is 10.6. The van der Waals surface area contributed by atoms with Crippen LogP contribution in [0.1, 0.15) is 5.56 Å². The molecule has 0 heterocycles. The second-order valence-electron chi connectivity index (χ2n) is 7.72. The normalized spacial score (nSPS) is 12.5. The molecule has 0 spiro atoms. The molecule has 0 amide bonds. The van der Waals surface area contributed by atoms with Crippen LogP contribution in [-0.2, 0) is 10.7 Å². The van der Waals surface area contributed by atoms with Gasteiger partial charge in [0.25, 0.3) is 0 Å². The molecule has 4 aromatic rings. The molecule has 0 fully saturated rings. The molecule has 0 atom stereocenters. The maximum atomic E-state index is 6.92. The zero-order valence-electron chi connectivity index (χ0n) is 18.8.